The highest BCUT2D eigenvalue weighted by atomic mass is 35.5. The normalized spacial score (nSPS) is 15.3. The van der Waals surface area contributed by atoms with Gasteiger partial charge in [-0.2, -0.15) is 32.7 Å². The number of amides is 1. The number of nitrogens with zero attached hydrogens (tertiary/aromatic N) is 6. The third-order valence-electron chi connectivity index (χ3n) is 5.64. The molecule has 5 rings (SSSR count). The molecule has 1 fully saturated rings. The van der Waals surface area contributed by atoms with Gasteiger partial charge in [-0.3, -0.25) is 14.6 Å². The van der Waals surface area contributed by atoms with E-state index in [-0.39, 0.29) is 11.9 Å². The highest BCUT2D eigenvalue weighted by molar-refractivity contribution is 7.10. The molecule has 1 amide bonds. The molecule has 0 spiro atoms. The Kier molecular flexibility index (Phi) is 8.01. The maximum absolute atomic E-state index is 12.4. The molecule has 3 aromatic heterocycles. The van der Waals surface area contributed by atoms with Crippen molar-refractivity contribution in [1.82, 2.24) is 34.7 Å². The highest BCUT2D eigenvalue weighted by Gasteiger charge is 2.38. The Morgan fingerprint density at radius 1 is 1.32 bits per heavy atom. The summed E-state index contributed by atoms with van der Waals surface area (Å²) >= 11 is 7.77. The number of fused-ring (bicyclic) bond motifs is 1. The summed E-state index contributed by atoms with van der Waals surface area (Å²) in [5.41, 5.74) is 2.16. The molecule has 17 heteroatoms. The number of H-pyrrole nitrogens is 1. The second-order valence-corrected chi connectivity index (χ2v) is 9.26. The van der Waals surface area contributed by atoms with Crippen LogP contribution in [0.5, 0.6) is 0 Å². The van der Waals surface area contributed by atoms with Crippen LogP contribution >= 0.6 is 23.1 Å². The van der Waals surface area contributed by atoms with Gasteiger partial charge in [0, 0.05) is 49.3 Å². The van der Waals surface area contributed by atoms with Crippen LogP contribution in [-0.4, -0.2) is 71.6 Å². The van der Waals surface area contributed by atoms with E-state index in [1.165, 1.54) is 11.5 Å². The molecule has 4 aromatic rings. The van der Waals surface area contributed by atoms with Crippen molar-refractivity contribution in [3.63, 3.8) is 0 Å². The van der Waals surface area contributed by atoms with E-state index in [2.05, 4.69) is 40.2 Å². The number of aromatic nitrogens is 6. The molecule has 1 aliphatic heterocycles. The molecule has 0 saturated carbocycles. The van der Waals surface area contributed by atoms with E-state index in [0.717, 1.165) is 36.0 Å². The van der Waals surface area contributed by atoms with Gasteiger partial charge in [0.05, 0.1) is 22.4 Å². The molecule has 4 heterocycles. The van der Waals surface area contributed by atoms with Crippen molar-refractivity contribution in [3.8, 4) is 0 Å². The maximum atomic E-state index is 12.4. The zero-order valence-corrected chi connectivity index (χ0v) is 21.2. The molecule has 1 atom stereocenters. The number of anilines is 3. The number of aromatic amines is 1. The molecular formula is C21H21ClF3N9O3S. The van der Waals surface area contributed by atoms with E-state index in [1.807, 2.05) is 12.1 Å². The number of hydrogen-bond donors (Lipinski definition) is 4. The van der Waals surface area contributed by atoms with Gasteiger partial charge in [0.2, 0.25) is 11.1 Å². The maximum Gasteiger partial charge on any atom is 0.490 e. The van der Waals surface area contributed by atoms with Gasteiger partial charge in [-0.1, -0.05) is 11.6 Å². The van der Waals surface area contributed by atoms with Crippen LogP contribution in [0.2, 0.25) is 5.02 Å². The van der Waals surface area contributed by atoms with Crippen LogP contribution in [-0.2, 0) is 11.8 Å². The van der Waals surface area contributed by atoms with Crippen LogP contribution in [0, 0.1) is 0 Å². The molecule has 4 N–H and O–H groups in total. The quantitative estimate of drug-likeness (QED) is 0.272. The van der Waals surface area contributed by atoms with E-state index < -0.39 is 12.1 Å². The van der Waals surface area contributed by atoms with Gasteiger partial charge < -0.3 is 20.6 Å². The number of rotatable bonds is 6. The summed E-state index contributed by atoms with van der Waals surface area (Å²) in [5, 5.41) is 26.4. The van der Waals surface area contributed by atoms with Gasteiger partial charge in [-0.25, -0.2) is 4.79 Å². The first kappa shape index (κ1) is 27.1. The van der Waals surface area contributed by atoms with Gasteiger partial charge >= 0.3 is 12.1 Å². The first-order chi connectivity index (χ1) is 18.0. The van der Waals surface area contributed by atoms with E-state index in [9.17, 15) is 18.0 Å². The Balaban J connectivity index is 0.000000426. The van der Waals surface area contributed by atoms with Crippen LogP contribution in [0.15, 0.2) is 30.6 Å². The molecule has 202 valence electrons. The fraction of sp³-hybridized carbons (Fsp3) is 0.333. The topological polar surface area (TPSA) is 154 Å². The monoisotopic (exact) mass is 571 g/mol. The van der Waals surface area contributed by atoms with Crippen LogP contribution in [0.25, 0.3) is 10.9 Å². The first-order valence-electron chi connectivity index (χ1n) is 11.1. The van der Waals surface area contributed by atoms with Gasteiger partial charge in [0.15, 0.2) is 0 Å². The zero-order chi connectivity index (χ0) is 27.4. The van der Waals surface area contributed by atoms with E-state index >= 15 is 0 Å². The second-order valence-electron chi connectivity index (χ2n) is 8.13. The number of aliphatic carboxylic acids is 1. The van der Waals surface area contributed by atoms with Crippen LogP contribution in [0.3, 0.4) is 0 Å². The summed E-state index contributed by atoms with van der Waals surface area (Å²) in [7, 11) is 1.75. The molecular weight excluding hydrogens is 551 g/mol. The van der Waals surface area contributed by atoms with E-state index in [1.54, 1.807) is 30.2 Å². The van der Waals surface area contributed by atoms with E-state index in [4.69, 9.17) is 21.5 Å². The molecule has 12 nitrogen and oxygen atoms in total. The van der Waals surface area contributed by atoms with Crippen molar-refractivity contribution in [2.75, 3.05) is 23.3 Å². The Morgan fingerprint density at radius 2 is 2.08 bits per heavy atom. The minimum absolute atomic E-state index is 0.135. The number of hydrogen-bond acceptors (Lipinski definition) is 9. The molecule has 38 heavy (non-hydrogen) atoms. The number of aryl methyl sites for hydroxylation is 1. The summed E-state index contributed by atoms with van der Waals surface area (Å²) in [6, 6.07) is 5.65. The van der Waals surface area contributed by atoms with Crippen molar-refractivity contribution in [2.45, 2.75) is 25.1 Å². The fourth-order valence-electron chi connectivity index (χ4n) is 3.79. The summed E-state index contributed by atoms with van der Waals surface area (Å²) in [4.78, 5) is 28.1. The fourth-order valence-corrected chi connectivity index (χ4v) is 4.64. The summed E-state index contributed by atoms with van der Waals surface area (Å²) in [6.07, 6.45) is 0.220. The number of alkyl halides is 3. The Bertz CT molecular complexity index is 1440. The lowest BCUT2D eigenvalue weighted by molar-refractivity contribution is -0.192. The Labute approximate surface area is 222 Å². The average Bonchev–Trinajstić information content (AvgIpc) is 3.66. The van der Waals surface area contributed by atoms with Crippen molar-refractivity contribution in [1.29, 1.82) is 0 Å². The predicted octanol–water partition coefficient (Wildman–Crippen LogP) is 3.58. The van der Waals surface area contributed by atoms with Gasteiger partial charge in [-0.05, 0) is 31.0 Å². The molecule has 1 aliphatic rings. The van der Waals surface area contributed by atoms with Crippen molar-refractivity contribution < 1.29 is 27.9 Å². The lowest BCUT2D eigenvalue weighted by Gasteiger charge is -2.23. The molecule has 0 aliphatic carbocycles. The van der Waals surface area contributed by atoms with Crippen LogP contribution < -0.4 is 15.5 Å². The zero-order valence-electron chi connectivity index (χ0n) is 19.7. The Hall–Kier alpha value is -3.92. The summed E-state index contributed by atoms with van der Waals surface area (Å²) in [6.45, 7) is 1.37. The van der Waals surface area contributed by atoms with Crippen LogP contribution in [0.4, 0.5) is 29.9 Å². The molecule has 1 unspecified atom stereocenters. The second kappa shape index (κ2) is 11.2. The molecule has 0 radical (unpaired) electrons. The molecule has 1 aromatic carbocycles. The van der Waals surface area contributed by atoms with Crippen molar-refractivity contribution >= 4 is 62.7 Å². The van der Waals surface area contributed by atoms with Gasteiger partial charge in [-0.15, -0.1) is 0 Å². The minimum Gasteiger partial charge on any atom is -0.475 e. The first-order valence-corrected chi connectivity index (χ1v) is 12.2. The van der Waals surface area contributed by atoms with Crippen molar-refractivity contribution in [2.24, 2.45) is 7.05 Å². The number of carboxylic acid groups (broad SMARTS) is 1. The smallest absolute Gasteiger partial charge is 0.475 e. The highest BCUT2D eigenvalue weighted by Crippen LogP contribution is 2.33. The van der Waals surface area contributed by atoms with Gasteiger partial charge in [0.1, 0.15) is 5.69 Å². The third kappa shape index (κ3) is 6.13. The predicted molar refractivity (Wildman–Crippen MR) is 134 cm³/mol. The van der Waals surface area contributed by atoms with E-state index in [0.29, 0.717) is 28.3 Å². The summed E-state index contributed by atoms with van der Waals surface area (Å²) in [5.74, 6) is -2.23. The number of carbonyl (C=O) groups is 2. The Morgan fingerprint density at radius 3 is 2.76 bits per heavy atom. The number of halogens is 4. The summed E-state index contributed by atoms with van der Waals surface area (Å²) < 4.78 is 37.8. The minimum atomic E-state index is -5.08. The SMILES string of the molecule is Cn1nccc1C(=O)NCC1CCCN1c1nsc(Nc2ccc3[nH]ncc3c2Cl)n1.O=C(O)C(F)(F)F. The number of nitrogens with one attached hydrogen (secondary N) is 3. The third-order valence-corrected chi connectivity index (χ3v) is 6.67. The largest absolute Gasteiger partial charge is 0.490 e. The van der Waals surface area contributed by atoms with Gasteiger partial charge in [0.25, 0.3) is 5.91 Å². The number of carbonyl (C=O) groups excluding carboxylic acids is 1. The van der Waals surface area contributed by atoms with Crippen LogP contribution in [0.1, 0.15) is 23.3 Å². The average molecular weight is 572 g/mol. The standard InChI is InChI=1S/C19H20ClN9OS.C2HF3O2/c1-28-15(6-7-23-28)17(30)21-9-11-3-2-8-29(11)18-25-19(31-27-18)24-14-5-4-13-12(16(14)20)10-22-26-13;3-2(4,5)1(6)7/h4-7,10-11H,2-3,8-9H2,1H3,(H,21,30)(H,22,26)(H,24,25,27);(H,6,7). The number of benzene rings is 1. The lowest BCUT2D eigenvalue weighted by Crippen LogP contribution is -2.41. The van der Waals surface area contributed by atoms with Crippen molar-refractivity contribution in [3.05, 3.63) is 41.3 Å². The molecule has 1 saturated heterocycles. The number of carboxylic acids is 1. The lowest BCUT2D eigenvalue weighted by atomic mass is 10.2. The molecule has 0 bridgehead atoms.